The first-order valence-electron chi connectivity index (χ1n) is 6.99. The molecule has 1 unspecified atom stereocenters. The number of rotatable bonds is 2. The second-order valence-electron chi connectivity index (χ2n) is 5.07. The molecular weight excluding hydrogens is 314 g/mol. The van der Waals surface area contributed by atoms with Gasteiger partial charge in [-0.05, 0) is 25.1 Å². The lowest BCUT2D eigenvalue weighted by atomic mass is 10.00. The van der Waals surface area contributed by atoms with Crippen LogP contribution in [-0.4, -0.2) is 22.8 Å². The van der Waals surface area contributed by atoms with E-state index in [4.69, 9.17) is 17.4 Å². The summed E-state index contributed by atoms with van der Waals surface area (Å²) in [6.07, 6.45) is 1.72. The molecule has 7 heteroatoms. The Morgan fingerprint density at radius 3 is 2.74 bits per heavy atom. The molecule has 0 amide bonds. The van der Waals surface area contributed by atoms with Gasteiger partial charge in [-0.15, -0.1) is 4.86 Å². The first-order chi connectivity index (χ1) is 11.1. The summed E-state index contributed by atoms with van der Waals surface area (Å²) in [5.74, 6) is 5.03. The first kappa shape index (κ1) is 15.2. The van der Waals surface area contributed by atoms with Crippen molar-refractivity contribution in [3.8, 4) is 0 Å². The number of benzene rings is 2. The average molecular weight is 328 g/mol. The number of nitrogens with zero attached hydrogens (tertiary/aromatic N) is 4. The number of fused-ring (bicyclic) bond motifs is 1. The Morgan fingerprint density at radius 2 is 2.00 bits per heavy atom. The molecule has 23 heavy (non-hydrogen) atoms. The molecule has 0 aromatic heterocycles. The van der Waals surface area contributed by atoms with E-state index in [-0.39, 0.29) is 6.04 Å². The fourth-order valence-corrected chi connectivity index (χ4v) is 2.60. The zero-order valence-electron chi connectivity index (χ0n) is 12.3. The van der Waals surface area contributed by atoms with Crippen LogP contribution in [0, 0.1) is 5.21 Å². The van der Waals surface area contributed by atoms with Crippen molar-refractivity contribution in [1.82, 2.24) is 0 Å². The van der Waals surface area contributed by atoms with Gasteiger partial charge in [-0.2, -0.15) is 5.84 Å². The van der Waals surface area contributed by atoms with Crippen LogP contribution < -0.4 is 5.84 Å². The average Bonchev–Trinajstić information content (AvgIpc) is 2.73. The summed E-state index contributed by atoms with van der Waals surface area (Å²) >= 11 is 6.32. The molecule has 0 fully saturated rings. The maximum Gasteiger partial charge on any atom is 0.156 e. The van der Waals surface area contributed by atoms with Crippen molar-refractivity contribution >= 4 is 34.9 Å². The van der Waals surface area contributed by atoms with Crippen molar-refractivity contribution in [3.63, 3.8) is 0 Å². The quantitative estimate of drug-likeness (QED) is 0.394. The van der Waals surface area contributed by atoms with Crippen molar-refractivity contribution in [3.05, 3.63) is 63.8 Å². The van der Waals surface area contributed by atoms with E-state index in [2.05, 4.69) is 15.2 Å². The Morgan fingerprint density at radius 1 is 1.22 bits per heavy atom. The van der Waals surface area contributed by atoms with E-state index >= 15 is 0 Å². The van der Waals surface area contributed by atoms with Crippen LogP contribution in [0.1, 0.15) is 18.1 Å². The third-order valence-corrected chi connectivity index (χ3v) is 3.78. The van der Waals surface area contributed by atoms with Gasteiger partial charge in [-0.3, -0.25) is 9.98 Å². The highest BCUT2D eigenvalue weighted by atomic mass is 35.5. The Kier molecular flexibility index (Phi) is 4.08. The zero-order chi connectivity index (χ0) is 16.4. The summed E-state index contributed by atoms with van der Waals surface area (Å²) in [6.45, 7) is 1.93. The summed E-state index contributed by atoms with van der Waals surface area (Å²) in [4.78, 5) is 9.45. The minimum atomic E-state index is -0.111. The molecule has 2 aromatic rings. The van der Waals surface area contributed by atoms with Crippen molar-refractivity contribution in [2.45, 2.75) is 13.0 Å². The molecule has 3 rings (SSSR count). The molecule has 0 saturated heterocycles. The predicted molar refractivity (Wildman–Crippen MR) is 91.0 cm³/mol. The van der Waals surface area contributed by atoms with Crippen LogP contribution in [0.15, 0.2) is 57.7 Å². The fraction of sp³-hybridized carbons (Fsp3) is 0.125. The Balaban J connectivity index is 2.20. The summed E-state index contributed by atoms with van der Waals surface area (Å²) in [7, 11) is 0. The van der Waals surface area contributed by atoms with Gasteiger partial charge in [0.25, 0.3) is 0 Å². The van der Waals surface area contributed by atoms with Gasteiger partial charge in [0, 0.05) is 28.4 Å². The van der Waals surface area contributed by atoms with Gasteiger partial charge in [-0.1, -0.05) is 29.8 Å². The van der Waals surface area contributed by atoms with Gasteiger partial charge in [0.15, 0.2) is 5.69 Å². The molecule has 1 aliphatic rings. The molecule has 0 saturated carbocycles. The molecule has 6 nitrogen and oxygen atoms in total. The Labute approximate surface area is 138 Å². The Hall–Kier alpha value is -2.73. The second-order valence-corrected chi connectivity index (χ2v) is 5.47. The highest BCUT2D eigenvalue weighted by molar-refractivity contribution is 6.36. The number of aliphatic imine (C=N–C) groups is 2. The maximum atomic E-state index is 11.6. The number of halogens is 1. The van der Waals surface area contributed by atoms with E-state index in [9.17, 15) is 5.21 Å². The lowest BCUT2D eigenvalue weighted by Crippen LogP contribution is -2.08. The van der Waals surface area contributed by atoms with E-state index in [1.165, 1.54) is 0 Å². The normalized spacial score (nSPS) is 17.4. The molecule has 116 valence electrons. The SMILES string of the molecule is CC1C=Nc2cc([N+]([O-])=NN)ccc2C(c2ccccc2Cl)=N1. The Bertz CT molecular complexity index is 844. The van der Waals surface area contributed by atoms with Crippen molar-refractivity contribution < 1.29 is 4.86 Å². The lowest BCUT2D eigenvalue weighted by molar-refractivity contribution is -0.443. The minimum absolute atomic E-state index is 0.111. The molecular formula is C16H14ClN5O. The number of hydrogen-bond acceptors (Lipinski definition) is 4. The summed E-state index contributed by atoms with van der Waals surface area (Å²) in [5.41, 5.74) is 3.28. The smallest absolute Gasteiger partial charge is 0.156 e. The molecule has 0 spiro atoms. The van der Waals surface area contributed by atoms with E-state index in [0.717, 1.165) is 16.8 Å². The first-order valence-corrected chi connectivity index (χ1v) is 7.37. The highest BCUT2D eigenvalue weighted by Crippen LogP contribution is 2.31. The fourth-order valence-electron chi connectivity index (χ4n) is 2.38. The minimum Gasteiger partial charge on any atom is -0.691 e. The van der Waals surface area contributed by atoms with Gasteiger partial charge in [0.2, 0.25) is 0 Å². The maximum absolute atomic E-state index is 11.6. The van der Waals surface area contributed by atoms with Crippen molar-refractivity contribution in [2.75, 3.05) is 0 Å². The third kappa shape index (κ3) is 2.93. The van der Waals surface area contributed by atoms with Crippen molar-refractivity contribution in [1.29, 1.82) is 0 Å². The monoisotopic (exact) mass is 327 g/mol. The van der Waals surface area contributed by atoms with E-state index < -0.39 is 0 Å². The summed E-state index contributed by atoms with van der Waals surface area (Å²) in [6, 6.07) is 12.4. The van der Waals surface area contributed by atoms with Crippen LogP contribution >= 0.6 is 11.6 Å². The molecule has 1 aliphatic heterocycles. The van der Waals surface area contributed by atoms with Crippen LogP contribution in [-0.2, 0) is 0 Å². The van der Waals surface area contributed by atoms with Gasteiger partial charge in [-0.25, -0.2) is 0 Å². The van der Waals surface area contributed by atoms with Gasteiger partial charge < -0.3 is 5.21 Å². The van der Waals surface area contributed by atoms with Gasteiger partial charge in [0.05, 0.1) is 22.7 Å². The molecule has 2 aromatic carbocycles. The molecule has 1 heterocycles. The van der Waals surface area contributed by atoms with E-state index in [1.54, 1.807) is 24.4 Å². The second kappa shape index (κ2) is 6.18. The predicted octanol–water partition coefficient (Wildman–Crippen LogP) is 3.75. The largest absolute Gasteiger partial charge is 0.691 e. The summed E-state index contributed by atoms with van der Waals surface area (Å²) in [5, 5.41) is 15.3. The third-order valence-electron chi connectivity index (χ3n) is 3.45. The number of nitrogens with two attached hydrogens (primary N) is 1. The lowest BCUT2D eigenvalue weighted by Gasteiger charge is -2.12. The molecule has 0 bridgehead atoms. The molecule has 2 N–H and O–H groups in total. The van der Waals surface area contributed by atoms with Crippen LogP contribution in [0.2, 0.25) is 5.02 Å². The summed E-state index contributed by atoms with van der Waals surface area (Å²) < 4.78 is 0. The molecule has 1 atom stereocenters. The van der Waals surface area contributed by atoms with E-state index in [0.29, 0.717) is 21.3 Å². The molecule has 0 radical (unpaired) electrons. The zero-order valence-corrected chi connectivity index (χ0v) is 13.1. The van der Waals surface area contributed by atoms with Crippen LogP contribution in [0.25, 0.3) is 0 Å². The van der Waals surface area contributed by atoms with Gasteiger partial charge in [0.1, 0.15) is 0 Å². The van der Waals surface area contributed by atoms with Crippen molar-refractivity contribution in [2.24, 2.45) is 21.1 Å². The topological polar surface area (TPSA) is 89.2 Å². The van der Waals surface area contributed by atoms with Crippen LogP contribution in [0.3, 0.4) is 0 Å². The highest BCUT2D eigenvalue weighted by Gasteiger charge is 2.18. The van der Waals surface area contributed by atoms with Gasteiger partial charge >= 0.3 is 0 Å². The van der Waals surface area contributed by atoms with Crippen LogP contribution in [0.4, 0.5) is 11.4 Å². The standard InChI is InChI=1S/C16H14ClN5O/c1-10-9-19-15-8-11(22(23)21-18)6-7-13(15)16(20-10)12-4-2-3-5-14(12)17/h2-10H,18H2,1H3. The van der Waals surface area contributed by atoms with E-state index in [1.807, 2.05) is 31.2 Å². The van der Waals surface area contributed by atoms with Crippen LogP contribution in [0.5, 0.6) is 0 Å². The molecule has 0 aliphatic carbocycles. The number of hydrogen-bond donors (Lipinski definition) is 1.